The van der Waals surface area contributed by atoms with Gasteiger partial charge >= 0.3 is 6.18 Å². The number of amides is 1. The monoisotopic (exact) mass is 563 g/mol. The van der Waals surface area contributed by atoms with Crippen LogP contribution < -0.4 is 4.31 Å². The molecule has 3 aliphatic rings. The van der Waals surface area contributed by atoms with E-state index < -0.39 is 22.6 Å². The van der Waals surface area contributed by atoms with Gasteiger partial charge in [-0.3, -0.25) is 14.1 Å². The lowest BCUT2D eigenvalue weighted by atomic mass is 10.0. The Morgan fingerprint density at radius 1 is 1.25 bits per heavy atom. The summed E-state index contributed by atoms with van der Waals surface area (Å²) in [5.41, 5.74) is 0.996. The van der Waals surface area contributed by atoms with Crippen LogP contribution >= 0.6 is 23.4 Å². The third-order valence-electron chi connectivity index (χ3n) is 6.22. The Morgan fingerprint density at radius 3 is 2.56 bits per heavy atom. The lowest BCUT2D eigenvalue weighted by molar-refractivity contribution is -0.131. The molecule has 2 unspecified atom stereocenters. The fraction of sp³-hybridized carbons (Fsp3) is 0.500. The number of sulfonamides is 1. The Labute approximate surface area is 216 Å². The number of carbonyl (C=O) groups is 1. The maximum atomic E-state index is 12.9. The highest BCUT2D eigenvalue weighted by Crippen LogP contribution is 2.44. The minimum absolute atomic E-state index is 0.0696. The van der Waals surface area contributed by atoms with Crippen LogP contribution in [-0.2, 0) is 21.2 Å². The first kappa shape index (κ1) is 26.8. The van der Waals surface area contributed by atoms with Gasteiger partial charge in [-0.1, -0.05) is 23.7 Å². The Morgan fingerprint density at radius 2 is 1.94 bits per heavy atom. The van der Waals surface area contributed by atoms with Crippen LogP contribution in [0.3, 0.4) is 0 Å². The molecule has 3 aliphatic heterocycles. The summed E-state index contributed by atoms with van der Waals surface area (Å²) in [5, 5.41) is -0.0431. The number of anilines is 1. The minimum Gasteiger partial charge on any atom is -0.356 e. The Hall–Kier alpha value is -2.25. The summed E-state index contributed by atoms with van der Waals surface area (Å²) >= 11 is 7.45. The number of aliphatic imine (C=N–C) groups is 2. The molecule has 0 bridgehead atoms. The molecule has 1 saturated heterocycles. The highest BCUT2D eigenvalue weighted by atomic mass is 35.5. The normalized spacial score (nSPS) is 22.3. The molecule has 196 valence electrons. The van der Waals surface area contributed by atoms with Gasteiger partial charge in [-0.15, -0.1) is 11.8 Å². The third kappa shape index (κ3) is 6.17. The zero-order valence-electron chi connectivity index (χ0n) is 19.6. The summed E-state index contributed by atoms with van der Waals surface area (Å²) in [5.74, 6) is 0.247. The zero-order chi connectivity index (χ0) is 26.3. The van der Waals surface area contributed by atoms with Crippen LogP contribution in [0.25, 0.3) is 0 Å². The van der Waals surface area contributed by atoms with E-state index in [9.17, 15) is 26.4 Å². The summed E-state index contributed by atoms with van der Waals surface area (Å²) in [6.07, 6.45) is -1.07. The minimum atomic E-state index is -4.27. The number of rotatable bonds is 5. The Bertz CT molecular complexity index is 1230. The van der Waals surface area contributed by atoms with Crippen molar-refractivity contribution in [1.29, 1.82) is 0 Å². The molecule has 1 aromatic rings. The predicted molar refractivity (Wildman–Crippen MR) is 136 cm³/mol. The first-order valence-electron chi connectivity index (χ1n) is 11.1. The molecule has 8 nitrogen and oxygen atoms in total. The van der Waals surface area contributed by atoms with E-state index in [1.807, 2.05) is 4.90 Å². The van der Waals surface area contributed by atoms with Crippen LogP contribution in [0.2, 0.25) is 5.02 Å². The highest BCUT2D eigenvalue weighted by Gasteiger charge is 2.40. The van der Waals surface area contributed by atoms with Crippen molar-refractivity contribution in [2.45, 2.75) is 24.4 Å². The van der Waals surface area contributed by atoms with E-state index in [0.717, 1.165) is 22.3 Å². The van der Waals surface area contributed by atoms with Gasteiger partial charge in [0.15, 0.2) is 0 Å². The van der Waals surface area contributed by atoms with Crippen LogP contribution in [-0.4, -0.2) is 87.3 Å². The molecule has 36 heavy (non-hydrogen) atoms. The SMILES string of the molecule is CN(c1ccc(CC(=O)N2CCN(C3=NC=NC4SC(CC(F)(F)F)=CC34)CC2)c(Cl)c1)S(C)(=O)=O. The number of halogens is 4. The van der Waals surface area contributed by atoms with E-state index in [-0.39, 0.29) is 28.5 Å². The van der Waals surface area contributed by atoms with Crippen molar-refractivity contribution in [3.05, 3.63) is 39.8 Å². The van der Waals surface area contributed by atoms with Gasteiger partial charge in [0.05, 0.1) is 30.7 Å². The summed E-state index contributed by atoms with van der Waals surface area (Å²) < 4.78 is 63.1. The Kier molecular flexibility index (Phi) is 7.63. The number of piperazine rings is 1. The quantitative estimate of drug-likeness (QED) is 0.548. The predicted octanol–water partition coefficient (Wildman–Crippen LogP) is 3.39. The van der Waals surface area contributed by atoms with E-state index in [0.29, 0.717) is 48.3 Å². The standard InChI is InChI=1S/C22H25ClF3N5O3S2/c1-29(36(2,33)34)15-4-3-14(18(23)10-15)9-19(32)30-5-7-31(8-6-30)20-17-11-16(12-22(24,25)26)35-21(17)28-13-27-20/h3-4,10-11,13,17,21H,5-9,12H2,1-2H3. The molecule has 0 aliphatic carbocycles. The van der Waals surface area contributed by atoms with E-state index in [1.165, 1.54) is 19.5 Å². The van der Waals surface area contributed by atoms with Crippen molar-refractivity contribution in [2.24, 2.45) is 15.9 Å². The van der Waals surface area contributed by atoms with Gasteiger partial charge in [-0.05, 0) is 22.6 Å². The topological polar surface area (TPSA) is 85.7 Å². The smallest absolute Gasteiger partial charge is 0.356 e. The second kappa shape index (κ2) is 10.3. The fourth-order valence-electron chi connectivity index (χ4n) is 4.24. The number of hydrogen-bond donors (Lipinski definition) is 0. The van der Waals surface area contributed by atoms with Crippen LogP contribution in [0.4, 0.5) is 18.9 Å². The number of carbonyl (C=O) groups excluding carboxylic acids is 1. The Balaban J connectivity index is 1.36. The molecule has 0 spiro atoms. The summed E-state index contributed by atoms with van der Waals surface area (Å²) in [7, 11) is -2.01. The number of nitrogens with zero attached hydrogens (tertiary/aromatic N) is 5. The van der Waals surface area contributed by atoms with E-state index in [4.69, 9.17) is 11.6 Å². The number of allylic oxidation sites excluding steroid dienone is 1. The lowest BCUT2D eigenvalue weighted by Crippen LogP contribution is -2.53. The molecule has 4 rings (SSSR count). The van der Waals surface area contributed by atoms with Gasteiger partial charge in [0.25, 0.3) is 0 Å². The van der Waals surface area contributed by atoms with Crippen LogP contribution in [0.5, 0.6) is 0 Å². The van der Waals surface area contributed by atoms with Gasteiger partial charge in [-0.2, -0.15) is 13.2 Å². The van der Waals surface area contributed by atoms with Crippen LogP contribution in [0, 0.1) is 5.92 Å². The number of benzene rings is 1. The van der Waals surface area contributed by atoms with Gasteiger partial charge in [0, 0.05) is 38.2 Å². The average Bonchev–Trinajstić information content (AvgIpc) is 3.20. The largest absolute Gasteiger partial charge is 0.393 e. The molecule has 2 atom stereocenters. The number of hydrogen-bond acceptors (Lipinski definition) is 7. The molecule has 1 aromatic carbocycles. The molecule has 14 heteroatoms. The van der Waals surface area contributed by atoms with E-state index in [1.54, 1.807) is 23.1 Å². The van der Waals surface area contributed by atoms with Crippen molar-refractivity contribution in [3.63, 3.8) is 0 Å². The molecular weight excluding hydrogens is 539 g/mol. The molecule has 0 N–H and O–H groups in total. The fourth-order valence-corrected chi connectivity index (χ4v) is 6.22. The van der Waals surface area contributed by atoms with Crippen molar-refractivity contribution in [1.82, 2.24) is 9.80 Å². The van der Waals surface area contributed by atoms with E-state index in [2.05, 4.69) is 9.98 Å². The lowest BCUT2D eigenvalue weighted by Gasteiger charge is -2.39. The number of alkyl halides is 3. The summed E-state index contributed by atoms with van der Waals surface area (Å²) in [6, 6.07) is 4.77. The molecule has 1 fully saturated rings. The van der Waals surface area contributed by atoms with Crippen molar-refractivity contribution >= 4 is 57.2 Å². The van der Waals surface area contributed by atoms with Crippen molar-refractivity contribution < 1.29 is 26.4 Å². The van der Waals surface area contributed by atoms with E-state index >= 15 is 0 Å². The van der Waals surface area contributed by atoms with Gasteiger partial charge in [-0.25, -0.2) is 13.4 Å². The molecule has 3 heterocycles. The van der Waals surface area contributed by atoms with Crippen molar-refractivity contribution in [3.8, 4) is 0 Å². The molecule has 1 amide bonds. The zero-order valence-corrected chi connectivity index (χ0v) is 22.0. The van der Waals surface area contributed by atoms with Crippen LogP contribution in [0.1, 0.15) is 12.0 Å². The van der Waals surface area contributed by atoms with Gasteiger partial charge in [0.1, 0.15) is 17.5 Å². The number of thioether (sulfide) groups is 1. The first-order chi connectivity index (χ1) is 16.8. The molecule has 0 saturated carbocycles. The van der Waals surface area contributed by atoms with Crippen LogP contribution in [0.15, 0.2) is 39.2 Å². The maximum Gasteiger partial charge on any atom is 0.393 e. The number of amidine groups is 1. The second-order valence-electron chi connectivity index (χ2n) is 8.76. The maximum absolute atomic E-state index is 12.9. The van der Waals surface area contributed by atoms with Crippen molar-refractivity contribution in [2.75, 3.05) is 43.8 Å². The molecule has 0 aromatic heterocycles. The van der Waals surface area contributed by atoms with Gasteiger partial charge in [0.2, 0.25) is 15.9 Å². The highest BCUT2D eigenvalue weighted by molar-refractivity contribution is 8.04. The molecular formula is C22H25ClF3N5O3S2. The average molecular weight is 564 g/mol. The second-order valence-corrected chi connectivity index (χ2v) is 12.4. The number of fused-ring (bicyclic) bond motifs is 1. The van der Waals surface area contributed by atoms with Gasteiger partial charge < -0.3 is 9.80 Å². The third-order valence-corrected chi connectivity index (χ3v) is 9.01. The first-order valence-corrected chi connectivity index (χ1v) is 14.2. The summed E-state index contributed by atoms with van der Waals surface area (Å²) in [4.78, 5) is 25.5. The molecule has 0 radical (unpaired) electrons. The summed E-state index contributed by atoms with van der Waals surface area (Å²) in [6.45, 7) is 1.87.